The maximum atomic E-state index is 15.0. The Kier molecular flexibility index (Phi) is 9.23. The van der Waals surface area contributed by atoms with E-state index in [4.69, 9.17) is 15.9 Å². The van der Waals surface area contributed by atoms with Crippen LogP contribution in [0, 0.1) is 23.2 Å². The highest BCUT2D eigenvalue weighted by atomic mass is 31.0. The van der Waals surface area contributed by atoms with E-state index in [1.165, 1.54) is 19.5 Å². The molecule has 0 unspecified atom stereocenters. The van der Waals surface area contributed by atoms with E-state index in [1.807, 2.05) is 14.1 Å². The third-order valence-electron chi connectivity index (χ3n) is 5.24. The van der Waals surface area contributed by atoms with E-state index in [0.29, 0.717) is 21.5 Å². The van der Waals surface area contributed by atoms with E-state index >= 15 is 4.39 Å². The minimum absolute atomic E-state index is 0.0314. The molecule has 0 saturated carbocycles. The second-order valence-corrected chi connectivity index (χ2v) is 8.36. The molecule has 0 spiro atoms. The molecular formula is C24H20B2F4N3O4P. The van der Waals surface area contributed by atoms with Gasteiger partial charge in [-0.15, -0.1) is 6.42 Å². The lowest BCUT2D eigenvalue weighted by Gasteiger charge is -2.17. The summed E-state index contributed by atoms with van der Waals surface area (Å²) in [5, 5.41) is -0.353. The number of hydrogen-bond acceptors (Lipinski definition) is 5. The summed E-state index contributed by atoms with van der Waals surface area (Å²) in [6, 6.07) is 5.74. The van der Waals surface area contributed by atoms with Gasteiger partial charge in [-0.1, -0.05) is 21.6 Å². The number of esters is 1. The standard InChI is InChI=1S/C24H20B2F4N3O4P/c1-4-14-10-15(27)16(33-20(38)12-19(24(28,29)30)32(3)23(33)35)11-18(14)37-17-6-5-8-31-22(17)26-13-21(34)36-9-7-25-2/h1,5-6,8,10-12,38H,7,9,13H2,2-3H3. The van der Waals surface area contributed by atoms with Crippen LogP contribution in [0.25, 0.3) is 5.69 Å². The van der Waals surface area contributed by atoms with Crippen molar-refractivity contribution >= 4 is 35.0 Å². The van der Waals surface area contributed by atoms with Crippen LogP contribution in [0.3, 0.4) is 0 Å². The van der Waals surface area contributed by atoms with Crippen molar-refractivity contribution in [3.05, 3.63) is 69.2 Å². The molecule has 3 aromatic rings. The normalized spacial score (nSPS) is 11.0. The number of terminal acetylenes is 1. The molecule has 2 aromatic heterocycles. The first kappa shape index (κ1) is 28.8. The van der Waals surface area contributed by atoms with Crippen molar-refractivity contribution in [3.63, 3.8) is 0 Å². The predicted octanol–water partition coefficient (Wildman–Crippen LogP) is 3.64. The molecule has 14 heteroatoms. The number of pyridine rings is 1. The van der Waals surface area contributed by atoms with Crippen LogP contribution in [0.15, 0.2) is 41.3 Å². The number of carbonyl (C=O) groups excluding carboxylic acids is 1. The molecule has 0 fully saturated rings. The van der Waals surface area contributed by atoms with Crippen LogP contribution in [-0.4, -0.2) is 41.3 Å². The summed E-state index contributed by atoms with van der Waals surface area (Å²) in [6.07, 6.45) is 2.68. The molecule has 0 atom stereocenters. The Bertz CT molecular complexity index is 1520. The van der Waals surface area contributed by atoms with Gasteiger partial charge in [0.15, 0.2) is 7.28 Å². The number of halogens is 4. The minimum Gasteiger partial charge on any atom is -0.467 e. The number of hydrogen-bond donors (Lipinski definition) is 0. The van der Waals surface area contributed by atoms with Gasteiger partial charge in [-0.2, -0.15) is 13.2 Å². The van der Waals surface area contributed by atoms with Crippen molar-refractivity contribution in [2.45, 2.75) is 25.6 Å². The molecule has 0 aliphatic carbocycles. The fourth-order valence-electron chi connectivity index (χ4n) is 3.35. The van der Waals surface area contributed by atoms with Crippen LogP contribution in [0.5, 0.6) is 11.5 Å². The first-order chi connectivity index (χ1) is 18.0. The van der Waals surface area contributed by atoms with Gasteiger partial charge in [-0.05, 0) is 30.6 Å². The molecule has 3 rings (SSSR count). The molecule has 2 radical (unpaired) electrons. The summed E-state index contributed by atoms with van der Waals surface area (Å²) in [4.78, 5) is 29.0. The number of carbonyl (C=O) groups is 1. The number of nitrogens with zero attached hydrogens (tertiary/aromatic N) is 3. The average molecular weight is 543 g/mol. The van der Waals surface area contributed by atoms with Crippen molar-refractivity contribution in [3.8, 4) is 29.5 Å². The number of benzene rings is 1. The van der Waals surface area contributed by atoms with E-state index < -0.39 is 35.0 Å². The molecule has 0 aliphatic rings. The lowest BCUT2D eigenvalue weighted by atomic mass is 9.70. The van der Waals surface area contributed by atoms with Crippen LogP contribution >= 0.6 is 8.86 Å². The lowest BCUT2D eigenvalue weighted by molar-refractivity contribution is -0.144. The second kappa shape index (κ2) is 12.2. The van der Waals surface area contributed by atoms with Crippen molar-refractivity contribution < 1.29 is 31.8 Å². The fourth-order valence-corrected chi connectivity index (χ4v) is 3.71. The number of aromatic nitrogens is 3. The van der Waals surface area contributed by atoms with E-state index in [-0.39, 0.29) is 40.7 Å². The summed E-state index contributed by atoms with van der Waals surface area (Å²) >= 11 is 0. The molecule has 38 heavy (non-hydrogen) atoms. The molecule has 194 valence electrons. The Morgan fingerprint density at radius 3 is 2.66 bits per heavy atom. The highest BCUT2D eigenvalue weighted by Crippen LogP contribution is 2.31. The Labute approximate surface area is 219 Å². The zero-order valence-electron chi connectivity index (χ0n) is 20.3. The lowest BCUT2D eigenvalue weighted by Crippen LogP contribution is -2.33. The first-order valence-electron chi connectivity index (χ1n) is 11.1. The van der Waals surface area contributed by atoms with Gasteiger partial charge in [0, 0.05) is 31.2 Å². The number of ether oxygens (including phenoxy) is 2. The fraction of sp³-hybridized carbons (Fsp3) is 0.250. The van der Waals surface area contributed by atoms with Gasteiger partial charge in [0.1, 0.15) is 30.3 Å². The van der Waals surface area contributed by atoms with E-state index in [0.717, 1.165) is 19.2 Å². The molecule has 7 nitrogen and oxygen atoms in total. The molecule has 2 heterocycles. The molecule has 0 bridgehead atoms. The maximum Gasteiger partial charge on any atom is 0.431 e. The van der Waals surface area contributed by atoms with Gasteiger partial charge in [0.05, 0.1) is 22.9 Å². The van der Waals surface area contributed by atoms with Crippen molar-refractivity contribution in [2.75, 3.05) is 6.61 Å². The summed E-state index contributed by atoms with van der Waals surface area (Å²) in [5.41, 5.74) is -2.58. The first-order valence-corrected chi connectivity index (χ1v) is 11.6. The van der Waals surface area contributed by atoms with Crippen LogP contribution < -0.4 is 16.0 Å². The Morgan fingerprint density at radius 1 is 1.26 bits per heavy atom. The van der Waals surface area contributed by atoms with E-state index in [9.17, 15) is 22.8 Å². The van der Waals surface area contributed by atoms with Gasteiger partial charge in [-0.3, -0.25) is 18.9 Å². The van der Waals surface area contributed by atoms with Crippen LogP contribution in [-0.2, 0) is 22.8 Å². The largest absolute Gasteiger partial charge is 0.467 e. The molecular weight excluding hydrogens is 523 g/mol. The topological polar surface area (TPSA) is 75.4 Å². The van der Waals surface area contributed by atoms with Gasteiger partial charge in [0.25, 0.3) is 5.97 Å². The summed E-state index contributed by atoms with van der Waals surface area (Å²) in [7, 11) is 7.25. The maximum absolute atomic E-state index is 15.0. The summed E-state index contributed by atoms with van der Waals surface area (Å²) < 4.78 is 67.0. The van der Waals surface area contributed by atoms with E-state index in [2.05, 4.69) is 19.8 Å². The van der Waals surface area contributed by atoms with Crippen LogP contribution in [0.4, 0.5) is 17.6 Å². The Balaban J connectivity index is 2.01. The minimum atomic E-state index is -4.82. The number of rotatable bonds is 9. The molecule has 0 saturated heterocycles. The van der Waals surface area contributed by atoms with E-state index in [1.54, 1.807) is 6.07 Å². The Hall–Kier alpha value is -3.77. The smallest absolute Gasteiger partial charge is 0.431 e. The average Bonchev–Trinajstić information content (AvgIpc) is 2.86. The van der Waals surface area contributed by atoms with Crippen molar-refractivity contribution in [2.24, 2.45) is 7.05 Å². The second-order valence-electron chi connectivity index (χ2n) is 7.85. The summed E-state index contributed by atoms with van der Waals surface area (Å²) in [6.45, 7) is 2.09. The third-order valence-corrected chi connectivity index (χ3v) is 5.61. The summed E-state index contributed by atoms with van der Waals surface area (Å²) in [5.74, 6) is 0.903. The highest BCUT2D eigenvalue weighted by Gasteiger charge is 2.34. The molecule has 1 aromatic carbocycles. The van der Waals surface area contributed by atoms with Gasteiger partial charge < -0.3 is 9.47 Å². The Morgan fingerprint density at radius 2 is 2.00 bits per heavy atom. The highest BCUT2D eigenvalue weighted by molar-refractivity contribution is 7.06. The van der Waals surface area contributed by atoms with Gasteiger partial charge in [0.2, 0.25) is 0 Å². The molecule has 0 aliphatic heterocycles. The van der Waals surface area contributed by atoms with Crippen LogP contribution in [0.1, 0.15) is 11.3 Å². The molecule has 0 amide bonds. The monoisotopic (exact) mass is 543 g/mol. The van der Waals surface area contributed by atoms with Crippen molar-refractivity contribution in [1.82, 2.24) is 14.1 Å². The van der Waals surface area contributed by atoms with Gasteiger partial charge >= 0.3 is 11.9 Å². The SMILES string of the molecule is C#Cc1cc(F)c(-n2c(=P)cc(C(F)(F)F)n(C)c2=O)cc1Oc1cccnc1[B]CC(=O)OCC[B]C. The van der Waals surface area contributed by atoms with Gasteiger partial charge in [-0.25, -0.2) is 9.18 Å². The van der Waals surface area contributed by atoms with Crippen molar-refractivity contribution in [1.29, 1.82) is 0 Å². The zero-order valence-corrected chi connectivity index (χ0v) is 21.3. The van der Waals surface area contributed by atoms with Crippen LogP contribution in [0.2, 0.25) is 19.5 Å². The zero-order chi connectivity index (χ0) is 28.0. The number of alkyl halides is 3. The molecule has 0 N–H and O–H groups in total. The predicted molar refractivity (Wildman–Crippen MR) is 137 cm³/mol. The quantitative estimate of drug-likeness (QED) is 0.103. The third kappa shape index (κ3) is 6.56.